The molecule has 2 rings (SSSR count). The van der Waals surface area contributed by atoms with Gasteiger partial charge < -0.3 is 14.8 Å². The Bertz CT molecular complexity index is 659. The Morgan fingerprint density at radius 1 is 1.13 bits per heavy atom. The van der Waals surface area contributed by atoms with Gasteiger partial charge in [0.15, 0.2) is 6.61 Å². The van der Waals surface area contributed by atoms with Gasteiger partial charge in [0.2, 0.25) is 0 Å². The van der Waals surface area contributed by atoms with E-state index in [-0.39, 0.29) is 12.5 Å². The largest absolute Gasteiger partial charge is 0.497 e. The van der Waals surface area contributed by atoms with Crippen molar-refractivity contribution in [3.63, 3.8) is 0 Å². The van der Waals surface area contributed by atoms with Crippen LogP contribution >= 0.6 is 23.2 Å². The van der Waals surface area contributed by atoms with Crippen LogP contribution in [0.4, 0.5) is 0 Å². The first-order valence-corrected chi connectivity index (χ1v) is 7.81. The van der Waals surface area contributed by atoms with Crippen LogP contribution in [0.1, 0.15) is 5.56 Å². The van der Waals surface area contributed by atoms with E-state index >= 15 is 0 Å². The molecule has 2 aromatic rings. The van der Waals surface area contributed by atoms with Gasteiger partial charge in [-0.05, 0) is 42.3 Å². The number of hydrogen-bond donors (Lipinski definition) is 1. The van der Waals surface area contributed by atoms with Gasteiger partial charge in [-0.15, -0.1) is 0 Å². The second kappa shape index (κ2) is 8.65. The average Bonchev–Trinajstić information content (AvgIpc) is 2.54. The number of hydrogen-bond acceptors (Lipinski definition) is 3. The average molecular weight is 354 g/mol. The fourth-order valence-electron chi connectivity index (χ4n) is 1.93. The predicted molar refractivity (Wildman–Crippen MR) is 91.7 cm³/mol. The van der Waals surface area contributed by atoms with Gasteiger partial charge in [0.1, 0.15) is 11.5 Å². The molecule has 122 valence electrons. The molecule has 0 unspecified atom stereocenters. The van der Waals surface area contributed by atoms with Crippen molar-refractivity contribution in [3.05, 3.63) is 58.1 Å². The zero-order valence-electron chi connectivity index (χ0n) is 12.6. The van der Waals surface area contributed by atoms with Gasteiger partial charge in [-0.3, -0.25) is 4.79 Å². The van der Waals surface area contributed by atoms with Crippen LogP contribution in [0.5, 0.6) is 11.5 Å². The number of methoxy groups -OCH3 is 1. The molecule has 0 saturated carbocycles. The molecule has 1 amide bonds. The molecule has 0 radical (unpaired) electrons. The first-order valence-electron chi connectivity index (χ1n) is 7.06. The smallest absolute Gasteiger partial charge is 0.257 e. The minimum atomic E-state index is -0.204. The molecule has 0 fully saturated rings. The van der Waals surface area contributed by atoms with E-state index < -0.39 is 0 Å². The minimum Gasteiger partial charge on any atom is -0.497 e. The fourth-order valence-corrected chi connectivity index (χ4v) is 2.39. The van der Waals surface area contributed by atoms with Crippen LogP contribution in [-0.2, 0) is 11.2 Å². The topological polar surface area (TPSA) is 47.6 Å². The third kappa shape index (κ3) is 5.66. The molecule has 0 heterocycles. The molecule has 2 aromatic carbocycles. The Labute approximate surface area is 145 Å². The number of benzene rings is 2. The highest BCUT2D eigenvalue weighted by atomic mass is 35.5. The number of halogens is 2. The van der Waals surface area contributed by atoms with Crippen molar-refractivity contribution >= 4 is 29.1 Å². The minimum absolute atomic E-state index is 0.0933. The molecular weight excluding hydrogens is 337 g/mol. The number of nitrogens with one attached hydrogen (secondary N) is 1. The zero-order chi connectivity index (χ0) is 16.7. The van der Waals surface area contributed by atoms with Gasteiger partial charge in [-0.2, -0.15) is 0 Å². The van der Waals surface area contributed by atoms with E-state index in [0.29, 0.717) is 22.3 Å². The van der Waals surface area contributed by atoms with Crippen LogP contribution in [0, 0.1) is 0 Å². The number of ether oxygens (including phenoxy) is 2. The van der Waals surface area contributed by atoms with E-state index in [0.717, 1.165) is 17.7 Å². The summed E-state index contributed by atoms with van der Waals surface area (Å²) in [7, 11) is 1.63. The number of amides is 1. The maximum Gasteiger partial charge on any atom is 0.257 e. The third-order valence-corrected chi connectivity index (χ3v) is 3.68. The van der Waals surface area contributed by atoms with E-state index in [1.165, 1.54) is 0 Å². The monoisotopic (exact) mass is 353 g/mol. The van der Waals surface area contributed by atoms with Crippen molar-refractivity contribution in [1.29, 1.82) is 0 Å². The van der Waals surface area contributed by atoms with Crippen molar-refractivity contribution in [2.45, 2.75) is 6.42 Å². The molecule has 0 aliphatic carbocycles. The SMILES string of the molecule is COc1ccc(CCNC(=O)COc2ccc(Cl)cc2Cl)cc1. The van der Waals surface area contributed by atoms with E-state index in [1.807, 2.05) is 24.3 Å². The van der Waals surface area contributed by atoms with Crippen molar-refractivity contribution < 1.29 is 14.3 Å². The number of rotatable bonds is 7. The third-order valence-electron chi connectivity index (χ3n) is 3.15. The summed E-state index contributed by atoms with van der Waals surface area (Å²) < 4.78 is 10.5. The van der Waals surface area contributed by atoms with Crippen molar-refractivity contribution in [3.8, 4) is 11.5 Å². The normalized spacial score (nSPS) is 10.2. The first-order chi connectivity index (χ1) is 11.1. The van der Waals surface area contributed by atoms with Gasteiger partial charge >= 0.3 is 0 Å². The molecule has 0 bridgehead atoms. The number of carbonyl (C=O) groups is 1. The molecule has 1 N–H and O–H groups in total. The quantitative estimate of drug-likeness (QED) is 0.824. The van der Waals surface area contributed by atoms with Crippen molar-refractivity contribution in [2.24, 2.45) is 0 Å². The summed E-state index contributed by atoms with van der Waals surface area (Å²) in [5, 5.41) is 3.69. The Morgan fingerprint density at radius 3 is 2.52 bits per heavy atom. The van der Waals surface area contributed by atoms with Gasteiger partial charge in [-0.1, -0.05) is 35.3 Å². The molecule has 23 heavy (non-hydrogen) atoms. The van der Waals surface area contributed by atoms with Crippen LogP contribution in [0.15, 0.2) is 42.5 Å². The fraction of sp³-hybridized carbons (Fsp3) is 0.235. The van der Waals surface area contributed by atoms with Crippen LogP contribution in [-0.4, -0.2) is 26.2 Å². The summed E-state index contributed by atoms with van der Waals surface area (Å²) >= 11 is 11.8. The van der Waals surface area contributed by atoms with Crippen molar-refractivity contribution in [2.75, 3.05) is 20.3 Å². The van der Waals surface area contributed by atoms with Crippen LogP contribution in [0.25, 0.3) is 0 Å². The van der Waals surface area contributed by atoms with Gasteiger partial charge in [-0.25, -0.2) is 0 Å². The molecule has 4 nitrogen and oxygen atoms in total. The highest BCUT2D eigenvalue weighted by Gasteiger charge is 2.06. The Kier molecular flexibility index (Phi) is 6.56. The highest BCUT2D eigenvalue weighted by molar-refractivity contribution is 6.35. The summed E-state index contributed by atoms with van der Waals surface area (Å²) in [6.45, 7) is 0.437. The Morgan fingerprint density at radius 2 is 1.87 bits per heavy atom. The van der Waals surface area contributed by atoms with E-state index in [1.54, 1.807) is 25.3 Å². The number of carbonyl (C=O) groups excluding carboxylic acids is 1. The van der Waals surface area contributed by atoms with E-state index in [2.05, 4.69) is 5.32 Å². The Hall–Kier alpha value is -1.91. The summed E-state index contributed by atoms with van der Waals surface area (Å²) in [5.41, 5.74) is 1.12. The van der Waals surface area contributed by atoms with Gasteiger partial charge in [0.25, 0.3) is 5.91 Å². The molecule has 0 spiro atoms. The molecule has 0 atom stereocenters. The lowest BCUT2D eigenvalue weighted by atomic mass is 10.1. The molecule has 0 saturated heterocycles. The summed E-state index contributed by atoms with van der Waals surface area (Å²) in [4.78, 5) is 11.8. The lowest BCUT2D eigenvalue weighted by Crippen LogP contribution is -2.30. The van der Waals surface area contributed by atoms with Crippen LogP contribution in [0.2, 0.25) is 10.0 Å². The second-order valence-electron chi connectivity index (χ2n) is 4.81. The lowest BCUT2D eigenvalue weighted by Gasteiger charge is -2.09. The summed E-state index contributed by atoms with van der Waals surface area (Å²) in [5.74, 6) is 1.04. The van der Waals surface area contributed by atoms with E-state index in [4.69, 9.17) is 32.7 Å². The van der Waals surface area contributed by atoms with E-state index in [9.17, 15) is 4.79 Å². The van der Waals surface area contributed by atoms with Gasteiger partial charge in [0.05, 0.1) is 12.1 Å². The standard InChI is InChI=1S/C17H17Cl2NO3/c1-22-14-5-2-12(3-6-14)8-9-20-17(21)11-23-16-7-4-13(18)10-15(16)19/h2-7,10H,8-9,11H2,1H3,(H,20,21). The van der Waals surface area contributed by atoms with Crippen LogP contribution in [0.3, 0.4) is 0 Å². The van der Waals surface area contributed by atoms with Gasteiger partial charge in [0, 0.05) is 11.6 Å². The molecule has 0 aliphatic heterocycles. The lowest BCUT2D eigenvalue weighted by molar-refractivity contribution is -0.123. The second-order valence-corrected chi connectivity index (χ2v) is 5.66. The molecular formula is C17H17Cl2NO3. The maximum absolute atomic E-state index is 11.8. The van der Waals surface area contributed by atoms with Crippen molar-refractivity contribution in [1.82, 2.24) is 5.32 Å². The highest BCUT2D eigenvalue weighted by Crippen LogP contribution is 2.27. The first kappa shape index (κ1) is 17.4. The molecule has 0 aromatic heterocycles. The molecule has 0 aliphatic rings. The summed E-state index contributed by atoms with van der Waals surface area (Å²) in [6.07, 6.45) is 0.734. The predicted octanol–water partition coefficient (Wildman–Crippen LogP) is 3.74. The Balaban J connectivity index is 1.72. The maximum atomic E-state index is 11.8. The van der Waals surface area contributed by atoms with Crippen LogP contribution < -0.4 is 14.8 Å². The zero-order valence-corrected chi connectivity index (χ0v) is 14.2. The summed E-state index contributed by atoms with van der Waals surface area (Å²) in [6, 6.07) is 12.6. The molecule has 6 heteroatoms.